The minimum Gasteiger partial charge on any atom is -0.319 e. The Morgan fingerprint density at radius 2 is 1.85 bits per heavy atom. The molecule has 0 fully saturated rings. The van der Waals surface area contributed by atoms with Gasteiger partial charge in [-0.15, -0.1) is 0 Å². The highest BCUT2D eigenvalue weighted by atomic mass is 19.4. The number of rotatable bonds is 3. The topological polar surface area (TPSA) is 22.0 Å². The van der Waals surface area contributed by atoms with Gasteiger partial charge in [0.05, 0.1) is 11.3 Å². The van der Waals surface area contributed by atoms with E-state index in [1.165, 1.54) is 22.9 Å². The first-order chi connectivity index (χ1) is 9.34. The normalized spacial score (nSPS) is 11.9. The number of halogens is 3. The lowest BCUT2D eigenvalue weighted by Crippen LogP contribution is -2.12. The van der Waals surface area contributed by atoms with Crippen molar-refractivity contribution >= 4 is 6.29 Å². The number of para-hydroxylation sites is 1. The van der Waals surface area contributed by atoms with Crippen LogP contribution in [-0.2, 0) is 6.18 Å². The number of carbonyl (C=O) groups excluding carboxylic acids is 1. The van der Waals surface area contributed by atoms with Crippen molar-refractivity contribution in [3.8, 4) is 5.69 Å². The average molecular weight is 281 g/mol. The second-order valence-electron chi connectivity index (χ2n) is 4.86. The largest absolute Gasteiger partial charge is 0.418 e. The Morgan fingerprint density at radius 3 is 2.40 bits per heavy atom. The standard InChI is InChI=1S/C15H14F3NO/c1-10(2)14-7-11(9-20)8-19(14)13-6-4-3-5-12(13)15(16,17)18/h3-10H,1-2H3. The summed E-state index contributed by atoms with van der Waals surface area (Å²) in [7, 11) is 0. The minimum absolute atomic E-state index is 0.00462. The first kappa shape index (κ1) is 14.4. The molecule has 0 aliphatic rings. The minimum atomic E-state index is -4.43. The van der Waals surface area contributed by atoms with E-state index >= 15 is 0 Å². The van der Waals surface area contributed by atoms with Crippen molar-refractivity contribution in [3.05, 3.63) is 53.3 Å². The van der Waals surface area contributed by atoms with E-state index in [4.69, 9.17) is 0 Å². The van der Waals surface area contributed by atoms with Gasteiger partial charge in [-0.1, -0.05) is 26.0 Å². The molecule has 1 aromatic heterocycles. The molecule has 0 unspecified atom stereocenters. The van der Waals surface area contributed by atoms with Crippen LogP contribution in [0.3, 0.4) is 0 Å². The molecule has 0 aliphatic carbocycles. The molecule has 0 saturated heterocycles. The molecule has 2 rings (SSSR count). The maximum atomic E-state index is 13.1. The molecular weight excluding hydrogens is 267 g/mol. The van der Waals surface area contributed by atoms with Gasteiger partial charge in [0.15, 0.2) is 6.29 Å². The van der Waals surface area contributed by atoms with Crippen LogP contribution >= 0.6 is 0 Å². The molecular formula is C15H14F3NO. The molecule has 20 heavy (non-hydrogen) atoms. The molecule has 1 aromatic carbocycles. The SMILES string of the molecule is CC(C)c1cc(C=O)cn1-c1ccccc1C(F)(F)F. The third-order valence-corrected chi connectivity index (χ3v) is 3.07. The van der Waals surface area contributed by atoms with Gasteiger partial charge in [0, 0.05) is 17.5 Å². The van der Waals surface area contributed by atoms with Gasteiger partial charge in [0.25, 0.3) is 0 Å². The Labute approximate surface area is 114 Å². The van der Waals surface area contributed by atoms with Crippen molar-refractivity contribution in [3.63, 3.8) is 0 Å². The fraction of sp³-hybridized carbons (Fsp3) is 0.267. The summed E-state index contributed by atoms with van der Waals surface area (Å²) >= 11 is 0. The van der Waals surface area contributed by atoms with Gasteiger partial charge in [0.2, 0.25) is 0 Å². The second-order valence-corrected chi connectivity index (χ2v) is 4.86. The van der Waals surface area contributed by atoms with E-state index in [1.807, 2.05) is 13.8 Å². The molecule has 1 heterocycles. The first-order valence-corrected chi connectivity index (χ1v) is 6.18. The zero-order chi connectivity index (χ0) is 14.9. The number of benzene rings is 1. The Kier molecular flexibility index (Phi) is 3.70. The van der Waals surface area contributed by atoms with Gasteiger partial charge >= 0.3 is 6.18 Å². The maximum Gasteiger partial charge on any atom is 0.418 e. The first-order valence-electron chi connectivity index (χ1n) is 6.18. The van der Waals surface area contributed by atoms with Crippen LogP contribution in [0.1, 0.15) is 41.4 Å². The number of aromatic nitrogens is 1. The van der Waals surface area contributed by atoms with Crippen molar-refractivity contribution in [1.82, 2.24) is 4.57 Å². The summed E-state index contributed by atoms with van der Waals surface area (Å²) in [5.74, 6) is 0.00462. The summed E-state index contributed by atoms with van der Waals surface area (Å²) in [6.07, 6.45) is -2.36. The van der Waals surface area contributed by atoms with Crippen LogP contribution in [0.25, 0.3) is 5.69 Å². The Balaban J connectivity index is 2.68. The number of carbonyl (C=O) groups is 1. The molecule has 0 aliphatic heterocycles. The lowest BCUT2D eigenvalue weighted by Gasteiger charge is -2.17. The summed E-state index contributed by atoms with van der Waals surface area (Å²) in [5, 5.41) is 0. The summed E-state index contributed by atoms with van der Waals surface area (Å²) < 4.78 is 40.7. The lowest BCUT2D eigenvalue weighted by atomic mass is 10.1. The molecule has 0 saturated carbocycles. The number of alkyl halides is 3. The van der Waals surface area contributed by atoms with Crippen LogP contribution in [0.5, 0.6) is 0 Å². The molecule has 2 aromatic rings. The van der Waals surface area contributed by atoms with Gasteiger partial charge in [-0.3, -0.25) is 4.79 Å². The van der Waals surface area contributed by atoms with Crippen LogP contribution in [0, 0.1) is 0 Å². The molecule has 2 nitrogen and oxygen atoms in total. The number of nitrogens with zero attached hydrogens (tertiary/aromatic N) is 1. The molecule has 106 valence electrons. The lowest BCUT2D eigenvalue weighted by molar-refractivity contribution is -0.137. The van der Waals surface area contributed by atoms with Crippen molar-refractivity contribution in [2.75, 3.05) is 0 Å². The predicted molar refractivity (Wildman–Crippen MR) is 70.2 cm³/mol. The highest BCUT2D eigenvalue weighted by molar-refractivity contribution is 5.75. The zero-order valence-electron chi connectivity index (χ0n) is 11.1. The fourth-order valence-corrected chi connectivity index (χ4v) is 2.14. The summed E-state index contributed by atoms with van der Waals surface area (Å²) in [4.78, 5) is 10.9. The van der Waals surface area contributed by atoms with Crippen LogP contribution in [0.15, 0.2) is 36.5 Å². The molecule has 0 N–H and O–H groups in total. The van der Waals surface area contributed by atoms with E-state index < -0.39 is 11.7 Å². The van der Waals surface area contributed by atoms with E-state index in [0.29, 0.717) is 17.5 Å². The van der Waals surface area contributed by atoms with Gasteiger partial charge in [-0.25, -0.2) is 0 Å². The molecule has 0 spiro atoms. The smallest absolute Gasteiger partial charge is 0.319 e. The third-order valence-electron chi connectivity index (χ3n) is 3.07. The zero-order valence-corrected chi connectivity index (χ0v) is 11.1. The third kappa shape index (κ3) is 2.61. The van der Waals surface area contributed by atoms with Crippen molar-refractivity contribution < 1.29 is 18.0 Å². The van der Waals surface area contributed by atoms with E-state index in [9.17, 15) is 18.0 Å². The van der Waals surface area contributed by atoms with E-state index in [0.717, 1.165) is 6.07 Å². The van der Waals surface area contributed by atoms with Crippen LogP contribution < -0.4 is 0 Å². The van der Waals surface area contributed by atoms with Crippen LogP contribution in [-0.4, -0.2) is 10.9 Å². The van der Waals surface area contributed by atoms with Gasteiger partial charge in [-0.05, 0) is 24.1 Å². The molecule has 5 heteroatoms. The van der Waals surface area contributed by atoms with E-state index in [2.05, 4.69) is 0 Å². The Morgan fingerprint density at radius 1 is 1.20 bits per heavy atom. The number of aldehydes is 1. The van der Waals surface area contributed by atoms with Crippen molar-refractivity contribution in [2.45, 2.75) is 25.9 Å². The quantitative estimate of drug-likeness (QED) is 0.763. The van der Waals surface area contributed by atoms with Crippen LogP contribution in [0.4, 0.5) is 13.2 Å². The fourth-order valence-electron chi connectivity index (χ4n) is 2.14. The van der Waals surface area contributed by atoms with Crippen LogP contribution in [0.2, 0.25) is 0 Å². The second kappa shape index (κ2) is 5.15. The summed E-state index contributed by atoms with van der Waals surface area (Å²) in [5.41, 5.74) is 0.362. The van der Waals surface area contributed by atoms with E-state index in [-0.39, 0.29) is 11.6 Å². The molecule has 0 radical (unpaired) electrons. The predicted octanol–water partition coefficient (Wildman–Crippen LogP) is 4.43. The van der Waals surface area contributed by atoms with Crippen molar-refractivity contribution in [1.29, 1.82) is 0 Å². The van der Waals surface area contributed by atoms with E-state index in [1.54, 1.807) is 12.1 Å². The Bertz CT molecular complexity index is 626. The number of hydrogen-bond acceptors (Lipinski definition) is 1. The summed E-state index contributed by atoms with van der Waals surface area (Å²) in [6.45, 7) is 3.74. The highest BCUT2D eigenvalue weighted by Gasteiger charge is 2.34. The Hall–Kier alpha value is -2.04. The molecule has 0 bridgehead atoms. The highest BCUT2D eigenvalue weighted by Crippen LogP contribution is 2.35. The monoisotopic (exact) mass is 281 g/mol. The number of hydrogen-bond donors (Lipinski definition) is 0. The molecule has 0 amide bonds. The van der Waals surface area contributed by atoms with Gasteiger partial charge in [0.1, 0.15) is 0 Å². The van der Waals surface area contributed by atoms with Gasteiger partial charge < -0.3 is 4.57 Å². The van der Waals surface area contributed by atoms with Crippen molar-refractivity contribution in [2.24, 2.45) is 0 Å². The maximum absolute atomic E-state index is 13.1. The van der Waals surface area contributed by atoms with Gasteiger partial charge in [-0.2, -0.15) is 13.2 Å². The summed E-state index contributed by atoms with van der Waals surface area (Å²) in [6, 6.07) is 6.97. The molecule has 0 atom stereocenters. The average Bonchev–Trinajstić information content (AvgIpc) is 2.82.